The zero-order valence-corrected chi connectivity index (χ0v) is 15.7. The summed E-state index contributed by atoms with van der Waals surface area (Å²) in [4.78, 5) is 45.3. The van der Waals surface area contributed by atoms with Crippen LogP contribution in [0.1, 0.15) is 19.3 Å². The van der Waals surface area contributed by atoms with E-state index < -0.39 is 0 Å². The number of aryl methyl sites for hydroxylation is 1. The second kappa shape index (κ2) is 8.10. The molecule has 2 aliphatic rings. The number of piperazine rings is 1. The first-order valence-electron chi connectivity index (χ1n) is 9.76. The van der Waals surface area contributed by atoms with Gasteiger partial charge in [0, 0.05) is 45.8 Å². The average molecular weight is 384 g/mol. The molecule has 0 N–H and O–H groups in total. The average Bonchev–Trinajstić information content (AvgIpc) is 3.28. The fraction of sp³-hybridized carbons (Fsp3) is 0.500. The van der Waals surface area contributed by atoms with Gasteiger partial charge in [0.05, 0.1) is 17.2 Å². The van der Waals surface area contributed by atoms with Crippen LogP contribution in [0.25, 0.3) is 10.9 Å². The Kier molecular flexibility index (Phi) is 5.38. The zero-order valence-electron chi connectivity index (χ0n) is 15.7. The summed E-state index contributed by atoms with van der Waals surface area (Å²) in [5, 5.41) is 0.554. The first-order chi connectivity index (χ1) is 13.6. The molecular formula is C20H24N4O4. The Morgan fingerprint density at radius 2 is 1.86 bits per heavy atom. The summed E-state index contributed by atoms with van der Waals surface area (Å²) in [6.07, 6.45) is 3.13. The molecule has 1 unspecified atom stereocenters. The van der Waals surface area contributed by atoms with E-state index in [9.17, 15) is 14.4 Å². The van der Waals surface area contributed by atoms with Crippen molar-refractivity contribution in [1.82, 2.24) is 19.4 Å². The van der Waals surface area contributed by atoms with E-state index in [1.807, 2.05) is 6.07 Å². The van der Waals surface area contributed by atoms with Gasteiger partial charge < -0.3 is 14.5 Å². The van der Waals surface area contributed by atoms with Crippen LogP contribution in [0.3, 0.4) is 0 Å². The lowest BCUT2D eigenvalue weighted by atomic mass is 10.2. The van der Waals surface area contributed by atoms with E-state index in [1.54, 1.807) is 28.0 Å². The maximum Gasteiger partial charge on any atom is 0.261 e. The lowest BCUT2D eigenvalue weighted by molar-refractivity contribution is -0.146. The van der Waals surface area contributed by atoms with Gasteiger partial charge in [-0.3, -0.25) is 19.0 Å². The third-order valence-electron chi connectivity index (χ3n) is 5.45. The number of fused-ring (bicyclic) bond motifs is 1. The Bertz CT molecular complexity index is 927. The highest BCUT2D eigenvalue weighted by atomic mass is 16.5. The molecule has 1 atom stereocenters. The van der Waals surface area contributed by atoms with E-state index in [-0.39, 0.29) is 29.9 Å². The zero-order chi connectivity index (χ0) is 19.5. The van der Waals surface area contributed by atoms with E-state index in [0.717, 1.165) is 12.8 Å². The molecule has 0 aliphatic carbocycles. The number of carbonyl (C=O) groups excluding carboxylic acids is 2. The van der Waals surface area contributed by atoms with Crippen molar-refractivity contribution < 1.29 is 14.3 Å². The number of hydrogen-bond donors (Lipinski definition) is 0. The van der Waals surface area contributed by atoms with Gasteiger partial charge in [-0.15, -0.1) is 0 Å². The highest BCUT2D eigenvalue weighted by molar-refractivity contribution is 5.82. The van der Waals surface area contributed by atoms with Gasteiger partial charge in [-0.25, -0.2) is 4.98 Å². The van der Waals surface area contributed by atoms with E-state index in [4.69, 9.17) is 4.74 Å². The summed E-state index contributed by atoms with van der Waals surface area (Å²) in [6.45, 7) is 3.04. The van der Waals surface area contributed by atoms with Crippen molar-refractivity contribution in [2.75, 3.05) is 32.8 Å². The van der Waals surface area contributed by atoms with Crippen LogP contribution in [0.2, 0.25) is 0 Å². The van der Waals surface area contributed by atoms with Crippen molar-refractivity contribution in [3.63, 3.8) is 0 Å². The van der Waals surface area contributed by atoms with Gasteiger partial charge in [-0.1, -0.05) is 12.1 Å². The maximum absolute atomic E-state index is 12.5. The number of rotatable bonds is 4. The number of benzene rings is 1. The molecule has 2 saturated heterocycles. The molecule has 0 saturated carbocycles. The summed E-state index contributed by atoms with van der Waals surface area (Å²) in [6, 6.07) is 7.18. The van der Waals surface area contributed by atoms with E-state index in [0.29, 0.717) is 50.2 Å². The summed E-state index contributed by atoms with van der Waals surface area (Å²) in [5.74, 6) is 0.0302. The number of aromatic nitrogens is 2. The van der Waals surface area contributed by atoms with E-state index in [2.05, 4.69) is 4.98 Å². The minimum Gasteiger partial charge on any atom is -0.368 e. The van der Waals surface area contributed by atoms with Crippen molar-refractivity contribution in [3.05, 3.63) is 40.9 Å². The second-order valence-electron chi connectivity index (χ2n) is 7.22. The number of para-hydroxylation sites is 1. The predicted molar refractivity (Wildman–Crippen MR) is 103 cm³/mol. The molecule has 0 radical (unpaired) electrons. The standard InChI is InChI=1S/C20H24N4O4/c25-18(7-8-24-14-21-16-5-2-1-4-15(16)19(24)26)22-9-11-23(12-10-22)20(27)17-6-3-13-28-17/h1-2,4-5,14,17H,3,6-13H2. The Hall–Kier alpha value is -2.74. The fourth-order valence-electron chi connectivity index (χ4n) is 3.79. The van der Waals surface area contributed by atoms with Crippen molar-refractivity contribution in [1.29, 1.82) is 0 Å². The monoisotopic (exact) mass is 384 g/mol. The van der Waals surface area contributed by atoms with Crippen molar-refractivity contribution in [2.45, 2.75) is 31.9 Å². The van der Waals surface area contributed by atoms with Crippen molar-refractivity contribution in [3.8, 4) is 0 Å². The van der Waals surface area contributed by atoms with Crippen LogP contribution in [0, 0.1) is 0 Å². The molecule has 0 spiro atoms. The van der Waals surface area contributed by atoms with Gasteiger partial charge in [-0.2, -0.15) is 0 Å². The molecule has 2 aromatic rings. The quantitative estimate of drug-likeness (QED) is 0.772. The summed E-state index contributed by atoms with van der Waals surface area (Å²) in [7, 11) is 0. The molecule has 2 fully saturated rings. The number of ether oxygens (including phenoxy) is 1. The van der Waals surface area contributed by atoms with Crippen molar-refractivity contribution in [2.24, 2.45) is 0 Å². The minimum atomic E-state index is -0.311. The van der Waals surface area contributed by atoms with Gasteiger partial charge in [0.25, 0.3) is 11.5 Å². The normalized spacial score (nSPS) is 19.9. The fourth-order valence-corrected chi connectivity index (χ4v) is 3.79. The van der Waals surface area contributed by atoms with E-state index >= 15 is 0 Å². The molecule has 8 nitrogen and oxygen atoms in total. The highest BCUT2D eigenvalue weighted by Crippen LogP contribution is 2.16. The molecule has 3 heterocycles. The SMILES string of the molecule is O=C(CCn1cnc2ccccc2c1=O)N1CCN(C(=O)C2CCCO2)CC1. The van der Waals surface area contributed by atoms with Crippen LogP contribution in [0.5, 0.6) is 0 Å². The number of hydrogen-bond acceptors (Lipinski definition) is 5. The van der Waals surface area contributed by atoms with E-state index in [1.165, 1.54) is 10.9 Å². The smallest absolute Gasteiger partial charge is 0.261 e. The molecule has 1 aromatic heterocycles. The lowest BCUT2D eigenvalue weighted by Gasteiger charge is -2.35. The largest absolute Gasteiger partial charge is 0.368 e. The van der Waals surface area contributed by atoms with Crippen LogP contribution < -0.4 is 5.56 Å². The maximum atomic E-state index is 12.5. The minimum absolute atomic E-state index is 0.00993. The third-order valence-corrected chi connectivity index (χ3v) is 5.45. The lowest BCUT2D eigenvalue weighted by Crippen LogP contribution is -2.53. The third kappa shape index (κ3) is 3.77. The summed E-state index contributed by atoms with van der Waals surface area (Å²) >= 11 is 0. The van der Waals surface area contributed by atoms with Crippen LogP contribution in [-0.2, 0) is 20.9 Å². The number of amides is 2. The molecule has 2 aliphatic heterocycles. The molecule has 0 bridgehead atoms. The highest BCUT2D eigenvalue weighted by Gasteiger charge is 2.31. The second-order valence-corrected chi connectivity index (χ2v) is 7.22. The summed E-state index contributed by atoms with van der Waals surface area (Å²) in [5.41, 5.74) is 0.521. The van der Waals surface area contributed by atoms with Gasteiger partial charge in [0.2, 0.25) is 5.91 Å². The van der Waals surface area contributed by atoms with Gasteiger partial charge >= 0.3 is 0 Å². The van der Waals surface area contributed by atoms with Crippen LogP contribution in [0.4, 0.5) is 0 Å². The summed E-state index contributed by atoms with van der Waals surface area (Å²) < 4.78 is 6.95. The molecular weight excluding hydrogens is 360 g/mol. The molecule has 28 heavy (non-hydrogen) atoms. The Morgan fingerprint density at radius 3 is 2.61 bits per heavy atom. The van der Waals surface area contributed by atoms with Crippen molar-refractivity contribution >= 4 is 22.7 Å². The Labute approximate surface area is 162 Å². The Morgan fingerprint density at radius 1 is 1.11 bits per heavy atom. The molecule has 1 aromatic carbocycles. The first-order valence-corrected chi connectivity index (χ1v) is 9.76. The molecule has 4 rings (SSSR count). The first kappa shape index (κ1) is 18.6. The van der Waals surface area contributed by atoms with Gasteiger partial charge in [0.1, 0.15) is 6.10 Å². The molecule has 8 heteroatoms. The molecule has 148 valence electrons. The van der Waals surface area contributed by atoms with Crippen LogP contribution >= 0.6 is 0 Å². The van der Waals surface area contributed by atoms with Crippen LogP contribution in [-0.4, -0.2) is 70.1 Å². The predicted octanol–water partition coefficient (Wildman–Crippen LogP) is 0.636. The number of nitrogens with zero attached hydrogens (tertiary/aromatic N) is 4. The topological polar surface area (TPSA) is 84.7 Å². The van der Waals surface area contributed by atoms with Gasteiger partial charge in [0.15, 0.2) is 0 Å². The number of carbonyl (C=O) groups is 2. The van der Waals surface area contributed by atoms with Gasteiger partial charge in [-0.05, 0) is 25.0 Å². The Balaban J connectivity index is 1.31. The molecule has 2 amide bonds. The van der Waals surface area contributed by atoms with Crippen LogP contribution in [0.15, 0.2) is 35.4 Å².